The van der Waals surface area contributed by atoms with E-state index in [-0.39, 0.29) is 17.8 Å². The highest BCUT2D eigenvalue weighted by Crippen LogP contribution is 2.31. The third-order valence-corrected chi connectivity index (χ3v) is 4.30. The van der Waals surface area contributed by atoms with Crippen molar-refractivity contribution in [3.8, 4) is 11.3 Å². The summed E-state index contributed by atoms with van der Waals surface area (Å²) in [6.07, 6.45) is 0.697. The molecule has 1 amide bonds. The summed E-state index contributed by atoms with van der Waals surface area (Å²) in [7, 11) is 3.51. The van der Waals surface area contributed by atoms with E-state index in [4.69, 9.17) is 4.52 Å². The van der Waals surface area contributed by atoms with Crippen LogP contribution in [0.2, 0.25) is 0 Å². The molecular weight excluding hydrogens is 297 g/mol. The summed E-state index contributed by atoms with van der Waals surface area (Å²) < 4.78 is 18.9. The third-order valence-electron chi connectivity index (χ3n) is 4.30. The number of nitrogens with zero attached hydrogens (tertiary/aromatic N) is 3. The standard InChI is InChI=1S/C17H20FN3O2/c1-11(17(22)20(2)3)21-8-7-15-14(10-21)16(19-23-15)12-5-4-6-13(18)9-12/h4-6,9,11H,7-8,10H2,1-3H3. The number of rotatable bonds is 3. The summed E-state index contributed by atoms with van der Waals surface area (Å²) in [5.41, 5.74) is 2.30. The Bertz CT molecular complexity index is 726. The van der Waals surface area contributed by atoms with E-state index in [0.717, 1.165) is 17.9 Å². The highest BCUT2D eigenvalue weighted by molar-refractivity contribution is 5.81. The highest BCUT2D eigenvalue weighted by Gasteiger charge is 2.30. The summed E-state index contributed by atoms with van der Waals surface area (Å²) in [5.74, 6) is 0.588. The molecule has 0 radical (unpaired) electrons. The first-order chi connectivity index (χ1) is 11.0. The second kappa shape index (κ2) is 6.12. The van der Waals surface area contributed by atoms with Crippen molar-refractivity contribution in [2.75, 3.05) is 20.6 Å². The molecule has 122 valence electrons. The van der Waals surface area contributed by atoms with Crippen molar-refractivity contribution in [1.82, 2.24) is 15.0 Å². The highest BCUT2D eigenvalue weighted by atomic mass is 19.1. The molecule has 5 nitrogen and oxygen atoms in total. The predicted molar refractivity (Wildman–Crippen MR) is 84.2 cm³/mol. The molecule has 0 fully saturated rings. The summed E-state index contributed by atoms with van der Waals surface area (Å²) in [6, 6.07) is 6.11. The van der Waals surface area contributed by atoms with Crippen molar-refractivity contribution < 1.29 is 13.7 Å². The maximum Gasteiger partial charge on any atom is 0.239 e. The van der Waals surface area contributed by atoms with Crippen LogP contribution in [0, 0.1) is 5.82 Å². The predicted octanol–water partition coefficient (Wildman–Crippen LogP) is 2.32. The molecule has 1 aromatic carbocycles. The molecule has 0 saturated heterocycles. The molecule has 2 heterocycles. The van der Waals surface area contributed by atoms with Gasteiger partial charge in [-0.2, -0.15) is 0 Å². The summed E-state index contributed by atoms with van der Waals surface area (Å²) in [6.45, 7) is 3.22. The molecule has 0 aliphatic carbocycles. The molecule has 1 aliphatic rings. The van der Waals surface area contributed by atoms with Crippen molar-refractivity contribution in [1.29, 1.82) is 0 Å². The summed E-state index contributed by atoms with van der Waals surface area (Å²) >= 11 is 0. The van der Waals surface area contributed by atoms with E-state index in [2.05, 4.69) is 10.1 Å². The van der Waals surface area contributed by atoms with Crippen molar-refractivity contribution in [2.45, 2.75) is 25.9 Å². The Hall–Kier alpha value is -2.21. The maximum atomic E-state index is 13.5. The van der Waals surface area contributed by atoms with Gasteiger partial charge in [0.1, 0.15) is 17.3 Å². The molecule has 2 aromatic rings. The van der Waals surface area contributed by atoms with Crippen LogP contribution in [0.1, 0.15) is 18.2 Å². The lowest BCUT2D eigenvalue weighted by atomic mass is 10.00. The Morgan fingerprint density at radius 1 is 1.43 bits per heavy atom. The molecule has 1 unspecified atom stereocenters. The van der Waals surface area contributed by atoms with Crippen molar-refractivity contribution in [3.63, 3.8) is 0 Å². The number of hydrogen-bond donors (Lipinski definition) is 0. The zero-order chi connectivity index (χ0) is 16.6. The SMILES string of the molecule is CC(C(=O)N(C)C)N1CCc2onc(-c3cccc(F)c3)c2C1. The van der Waals surface area contributed by atoms with Crippen molar-refractivity contribution >= 4 is 5.91 Å². The van der Waals surface area contributed by atoms with Gasteiger partial charge >= 0.3 is 0 Å². The number of carbonyl (C=O) groups is 1. The molecule has 1 aromatic heterocycles. The van der Waals surface area contributed by atoms with Crippen LogP contribution in [0.5, 0.6) is 0 Å². The van der Waals surface area contributed by atoms with Crippen LogP contribution < -0.4 is 0 Å². The van der Waals surface area contributed by atoms with Gasteiger partial charge in [0.15, 0.2) is 0 Å². The average Bonchev–Trinajstić information content (AvgIpc) is 2.96. The number of hydrogen-bond acceptors (Lipinski definition) is 4. The Kier molecular flexibility index (Phi) is 4.17. The van der Waals surface area contributed by atoms with E-state index in [1.165, 1.54) is 12.1 Å². The van der Waals surface area contributed by atoms with E-state index in [1.54, 1.807) is 25.1 Å². The Morgan fingerprint density at radius 3 is 2.91 bits per heavy atom. The number of benzene rings is 1. The monoisotopic (exact) mass is 317 g/mol. The molecule has 3 rings (SSSR count). The van der Waals surface area contributed by atoms with Crippen LogP contribution in [0.3, 0.4) is 0 Å². The van der Waals surface area contributed by atoms with Crippen LogP contribution in [0.25, 0.3) is 11.3 Å². The van der Waals surface area contributed by atoms with Gasteiger partial charge in [-0.15, -0.1) is 0 Å². The third kappa shape index (κ3) is 2.99. The van der Waals surface area contributed by atoms with E-state index in [9.17, 15) is 9.18 Å². The lowest BCUT2D eigenvalue weighted by molar-refractivity contribution is -0.134. The smallest absolute Gasteiger partial charge is 0.239 e. The van der Waals surface area contributed by atoms with Crippen LogP contribution in [0.15, 0.2) is 28.8 Å². The Labute approximate surface area is 134 Å². The number of carbonyl (C=O) groups excluding carboxylic acids is 1. The van der Waals surface area contributed by atoms with E-state index in [1.807, 2.05) is 13.0 Å². The zero-order valence-electron chi connectivity index (χ0n) is 13.5. The van der Waals surface area contributed by atoms with Gasteiger partial charge in [-0.3, -0.25) is 9.69 Å². The molecular formula is C17H20FN3O2. The molecule has 1 atom stereocenters. The first-order valence-electron chi connectivity index (χ1n) is 7.66. The van der Waals surface area contributed by atoms with Gasteiger partial charge in [-0.1, -0.05) is 17.3 Å². The summed E-state index contributed by atoms with van der Waals surface area (Å²) in [4.78, 5) is 15.9. The molecule has 0 saturated carbocycles. The minimum atomic E-state index is -0.303. The average molecular weight is 317 g/mol. The van der Waals surface area contributed by atoms with E-state index >= 15 is 0 Å². The molecule has 0 N–H and O–H groups in total. The minimum absolute atomic E-state index is 0.0669. The second-order valence-corrected chi connectivity index (χ2v) is 6.07. The fraction of sp³-hybridized carbons (Fsp3) is 0.412. The summed E-state index contributed by atoms with van der Waals surface area (Å²) in [5, 5.41) is 4.12. The van der Waals surface area contributed by atoms with Crippen molar-refractivity contribution in [2.24, 2.45) is 0 Å². The van der Waals surface area contributed by atoms with Crippen molar-refractivity contribution in [3.05, 3.63) is 41.4 Å². The first-order valence-corrected chi connectivity index (χ1v) is 7.66. The lowest BCUT2D eigenvalue weighted by Gasteiger charge is -2.32. The fourth-order valence-electron chi connectivity index (χ4n) is 2.95. The largest absolute Gasteiger partial charge is 0.360 e. The Morgan fingerprint density at radius 2 is 2.22 bits per heavy atom. The van der Waals surface area contributed by atoms with Gasteiger partial charge in [-0.25, -0.2) is 4.39 Å². The topological polar surface area (TPSA) is 49.6 Å². The number of fused-ring (bicyclic) bond motifs is 1. The number of likely N-dealkylation sites (N-methyl/N-ethyl adjacent to an activating group) is 1. The fourth-order valence-corrected chi connectivity index (χ4v) is 2.95. The van der Waals surface area contributed by atoms with Gasteiger partial charge in [-0.05, 0) is 19.1 Å². The normalized spacial score (nSPS) is 16.0. The van der Waals surface area contributed by atoms with Gasteiger partial charge < -0.3 is 9.42 Å². The molecule has 0 bridgehead atoms. The molecule has 1 aliphatic heterocycles. The van der Waals surface area contributed by atoms with E-state index < -0.39 is 0 Å². The van der Waals surface area contributed by atoms with E-state index in [0.29, 0.717) is 24.2 Å². The first kappa shape index (κ1) is 15.7. The molecule has 23 heavy (non-hydrogen) atoms. The quantitative estimate of drug-likeness (QED) is 0.872. The zero-order valence-corrected chi connectivity index (χ0v) is 13.5. The number of aromatic nitrogens is 1. The van der Waals surface area contributed by atoms with Crippen LogP contribution in [0.4, 0.5) is 4.39 Å². The van der Waals surface area contributed by atoms with Crippen LogP contribution in [-0.2, 0) is 17.8 Å². The van der Waals surface area contributed by atoms with Gasteiger partial charge in [0.05, 0.1) is 6.04 Å². The lowest BCUT2D eigenvalue weighted by Crippen LogP contribution is -2.46. The Balaban J connectivity index is 1.88. The van der Waals surface area contributed by atoms with Gasteiger partial charge in [0.25, 0.3) is 0 Å². The minimum Gasteiger partial charge on any atom is -0.360 e. The molecule has 6 heteroatoms. The van der Waals surface area contributed by atoms with Gasteiger partial charge in [0.2, 0.25) is 5.91 Å². The number of amides is 1. The molecule has 0 spiro atoms. The maximum absolute atomic E-state index is 13.5. The number of halogens is 1. The second-order valence-electron chi connectivity index (χ2n) is 6.07. The van der Waals surface area contributed by atoms with Crippen LogP contribution >= 0.6 is 0 Å². The van der Waals surface area contributed by atoms with Crippen LogP contribution in [-0.4, -0.2) is 47.5 Å². The van der Waals surface area contributed by atoms with Gasteiger partial charge in [0, 0.05) is 44.7 Å².